The van der Waals surface area contributed by atoms with Crippen LogP contribution in [-0.2, 0) is 17.9 Å². The molecule has 0 fully saturated rings. The van der Waals surface area contributed by atoms with E-state index in [1.165, 1.54) is 10.4 Å². The average molecular weight is 264 g/mol. The monoisotopic (exact) mass is 264 g/mol. The lowest BCUT2D eigenvalue weighted by molar-refractivity contribution is 0.178. The van der Waals surface area contributed by atoms with Crippen molar-refractivity contribution in [2.45, 2.75) is 20.1 Å². The minimum absolute atomic E-state index is 0.359. The van der Waals surface area contributed by atoms with Crippen LogP contribution in [0, 0.1) is 6.92 Å². The van der Waals surface area contributed by atoms with Gasteiger partial charge in [0.15, 0.2) is 5.82 Å². The second kappa shape index (κ2) is 5.79. The second-order valence-electron chi connectivity index (χ2n) is 3.91. The number of methoxy groups -OCH3 is 1. The van der Waals surface area contributed by atoms with Gasteiger partial charge in [0.2, 0.25) is 0 Å². The molecule has 2 heterocycles. The Labute approximate surface area is 110 Å². The number of hydrogen-bond donors (Lipinski definition) is 2. The minimum atomic E-state index is 0.359. The molecule has 0 unspecified atom stereocenters. The van der Waals surface area contributed by atoms with Crippen molar-refractivity contribution in [3.05, 3.63) is 33.8 Å². The lowest BCUT2D eigenvalue weighted by atomic mass is 10.3. The van der Waals surface area contributed by atoms with E-state index in [0.717, 1.165) is 12.4 Å². The van der Waals surface area contributed by atoms with Gasteiger partial charge in [0, 0.05) is 18.1 Å². The van der Waals surface area contributed by atoms with Crippen LogP contribution in [0.3, 0.4) is 0 Å². The predicted octanol–water partition coefficient (Wildman–Crippen LogP) is 2.19. The minimum Gasteiger partial charge on any atom is -0.384 e. The van der Waals surface area contributed by atoms with E-state index in [2.05, 4.69) is 33.7 Å². The third-order valence-electron chi connectivity index (χ3n) is 2.46. The molecule has 2 aromatic heterocycles. The van der Waals surface area contributed by atoms with Gasteiger partial charge >= 0.3 is 0 Å². The molecule has 96 valence electrons. The van der Waals surface area contributed by atoms with Crippen LogP contribution in [-0.4, -0.2) is 17.1 Å². The van der Waals surface area contributed by atoms with Crippen LogP contribution in [0.5, 0.6) is 0 Å². The maximum Gasteiger partial charge on any atom is 0.158 e. The van der Waals surface area contributed by atoms with Crippen LogP contribution < -0.4 is 11.1 Å². The van der Waals surface area contributed by atoms with Crippen molar-refractivity contribution in [3.63, 3.8) is 0 Å². The van der Waals surface area contributed by atoms with Gasteiger partial charge in [-0.1, -0.05) is 0 Å². The van der Waals surface area contributed by atoms with E-state index in [4.69, 9.17) is 10.5 Å². The fourth-order valence-corrected chi connectivity index (χ4v) is 2.40. The van der Waals surface area contributed by atoms with Gasteiger partial charge in [-0.2, -0.15) is 0 Å². The standard InChI is InChI=1S/C12H16N4OS/c1-8-3-4-18-9(8)6-14-11-5-10(13)15-12(16-11)7-17-2/h3-5H,6-7H2,1-2H3,(H3,13,14,15,16). The molecule has 0 aliphatic carbocycles. The Balaban J connectivity index is 2.07. The third-order valence-corrected chi connectivity index (χ3v) is 3.49. The van der Waals surface area contributed by atoms with Crippen LogP contribution in [0.2, 0.25) is 0 Å². The number of nitrogens with zero attached hydrogens (tertiary/aromatic N) is 2. The maximum absolute atomic E-state index is 5.72. The highest BCUT2D eigenvalue weighted by atomic mass is 32.1. The molecule has 2 rings (SSSR count). The van der Waals surface area contributed by atoms with Gasteiger partial charge in [0.05, 0.1) is 6.54 Å². The van der Waals surface area contributed by atoms with Crippen molar-refractivity contribution < 1.29 is 4.74 Å². The van der Waals surface area contributed by atoms with Gasteiger partial charge in [-0.25, -0.2) is 9.97 Å². The molecule has 6 heteroatoms. The summed E-state index contributed by atoms with van der Waals surface area (Å²) >= 11 is 1.73. The predicted molar refractivity (Wildman–Crippen MR) is 73.5 cm³/mol. The first-order valence-corrected chi connectivity index (χ1v) is 6.46. The first-order chi connectivity index (χ1) is 8.69. The number of nitrogen functional groups attached to an aromatic ring is 1. The zero-order valence-corrected chi connectivity index (χ0v) is 11.3. The summed E-state index contributed by atoms with van der Waals surface area (Å²) in [4.78, 5) is 9.71. The lowest BCUT2D eigenvalue weighted by Crippen LogP contribution is -2.07. The van der Waals surface area contributed by atoms with Gasteiger partial charge in [0.25, 0.3) is 0 Å². The fraction of sp³-hybridized carbons (Fsp3) is 0.333. The van der Waals surface area contributed by atoms with E-state index in [9.17, 15) is 0 Å². The highest BCUT2D eigenvalue weighted by molar-refractivity contribution is 7.10. The summed E-state index contributed by atoms with van der Waals surface area (Å²) in [5, 5.41) is 5.33. The quantitative estimate of drug-likeness (QED) is 0.866. The molecule has 0 atom stereocenters. The highest BCUT2D eigenvalue weighted by Crippen LogP contribution is 2.17. The number of nitrogens with two attached hydrogens (primary N) is 1. The van der Waals surface area contributed by atoms with Crippen LogP contribution in [0.1, 0.15) is 16.3 Å². The Morgan fingerprint density at radius 3 is 2.94 bits per heavy atom. The first kappa shape index (κ1) is 12.8. The van der Waals surface area contributed by atoms with E-state index >= 15 is 0 Å². The number of aromatic nitrogens is 2. The molecule has 0 bridgehead atoms. The van der Waals surface area contributed by atoms with Crippen molar-refractivity contribution in [1.29, 1.82) is 0 Å². The number of ether oxygens (including phenoxy) is 1. The molecule has 3 N–H and O–H groups in total. The lowest BCUT2D eigenvalue weighted by Gasteiger charge is -2.07. The second-order valence-corrected chi connectivity index (χ2v) is 4.91. The van der Waals surface area contributed by atoms with E-state index in [-0.39, 0.29) is 0 Å². The number of nitrogens with one attached hydrogen (secondary N) is 1. The molecule has 0 saturated carbocycles. The third kappa shape index (κ3) is 3.18. The summed E-state index contributed by atoms with van der Waals surface area (Å²) in [6.45, 7) is 3.20. The molecule has 2 aromatic rings. The zero-order chi connectivity index (χ0) is 13.0. The Morgan fingerprint density at radius 1 is 1.44 bits per heavy atom. The van der Waals surface area contributed by atoms with E-state index in [1.807, 2.05) is 0 Å². The summed E-state index contributed by atoms with van der Waals surface area (Å²) in [6, 6.07) is 3.83. The van der Waals surface area contributed by atoms with Gasteiger partial charge in [-0.3, -0.25) is 0 Å². The molecule has 0 aromatic carbocycles. The normalized spacial score (nSPS) is 10.6. The highest BCUT2D eigenvalue weighted by Gasteiger charge is 2.04. The van der Waals surface area contributed by atoms with Crippen LogP contribution >= 0.6 is 11.3 Å². The van der Waals surface area contributed by atoms with Gasteiger partial charge in [-0.05, 0) is 23.9 Å². The molecule has 18 heavy (non-hydrogen) atoms. The van der Waals surface area contributed by atoms with Gasteiger partial charge < -0.3 is 15.8 Å². The topological polar surface area (TPSA) is 73.1 Å². The number of rotatable bonds is 5. The summed E-state index contributed by atoms with van der Waals surface area (Å²) in [6.07, 6.45) is 0. The largest absolute Gasteiger partial charge is 0.384 e. The average Bonchev–Trinajstić information content (AvgIpc) is 2.72. The van der Waals surface area contributed by atoms with E-state index in [0.29, 0.717) is 18.2 Å². The fourth-order valence-electron chi connectivity index (χ4n) is 1.56. The number of hydrogen-bond acceptors (Lipinski definition) is 6. The van der Waals surface area contributed by atoms with Gasteiger partial charge in [-0.15, -0.1) is 11.3 Å². The Hall–Kier alpha value is -1.66. The Kier molecular flexibility index (Phi) is 4.11. The molecular weight excluding hydrogens is 248 g/mol. The number of anilines is 2. The van der Waals surface area contributed by atoms with Crippen molar-refractivity contribution in [1.82, 2.24) is 9.97 Å². The van der Waals surface area contributed by atoms with Crippen LogP contribution in [0.15, 0.2) is 17.5 Å². The Morgan fingerprint density at radius 2 is 2.28 bits per heavy atom. The molecule has 5 nitrogen and oxygen atoms in total. The van der Waals surface area contributed by atoms with Crippen LogP contribution in [0.4, 0.5) is 11.6 Å². The zero-order valence-electron chi connectivity index (χ0n) is 10.4. The number of aryl methyl sites for hydroxylation is 1. The van der Waals surface area contributed by atoms with Gasteiger partial charge in [0.1, 0.15) is 18.2 Å². The Bertz CT molecular complexity index is 527. The first-order valence-electron chi connectivity index (χ1n) is 5.58. The van der Waals surface area contributed by atoms with Crippen molar-refractivity contribution >= 4 is 23.0 Å². The maximum atomic E-state index is 5.72. The van der Waals surface area contributed by atoms with Crippen LogP contribution in [0.25, 0.3) is 0 Å². The SMILES string of the molecule is COCc1nc(N)cc(NCc2sccc2C)n1. The number of thiophene rings is 1. The summed E-state index contributed by atoms with van der Waals surface area (Å²) in [5.41, 5.74) is 7.01. The summed E-state index contributed by atoms with van der Waals surface area (Å²) in [5.74, 6) is 1.76. The van der Waals surface area contributed by atoms with Crippen molar-refractivity contribution in [2.75, 3.05) is 18.2 Å². The molecule has 0 radical (unpaired) electrons. The van der Waals surface area contributed by atoms with Crippen molar-refractivity contribution in [3.8, 4) is 0 Å². The molecule has 0 amide bonds. The summed E-state index contributed by atoms with van der Waals surface area (Å²) in [7, 11) is 1.61. The molecule has 0 saturated heterocycles. The van der Waals surface area contributed by atoms with E-state index < -0.39 is 0 Å². The van der Waals surface area contributed by atoms with E-state index in [1.54, 1.807) is 24.5 Å². The molecular formula is C12H16N4OS. The molecule has 0 aliphatic rings. The van der Waals surface area contributed by atoms with Crippen molar-refractivity contribution in [2.24, 2.45) is 0 Å². The molecule has 0 aliphatic heterocycles. The summed E-state index contributed by atoms with van der Waals surface area (Å²) < 4.78 is 5.00. The molecule has 0 spiro atoms. The smallest absolute Gasteiger partial charge is 0.158 e.